The van der Waals surface area contributed by atoms with Crippen molar-refractivity contribution in [3.63, 3.8) is 0 Å². The molecule has 0 spiro atoms. The lowest BCUT2D eigenvalue weighted by Gasteiger charge is -2.18. The Hall–Kier alpha value is -2.85. The number of fused-ring (bicyclic) bond motifs is 1. The summed E-state index contributed by atoms with van der Waals surface area (Å²) in [6.07, 6.45) is 8.11. The molecule has 1 amide bonds. The minimum absolute atomic E-state index is 0.00271. The number of nitrogens with one attached hydrogen (secondary N) is 2. The fraction of sp³-hybridized carbons (Fsp3) is 0.393. The zero-order chi connectivity index (χ0) is 22.2. The summed E-state index contributed by atoms with van der Waals surface area (Å²) in [4.78, 5) is 12.6. The van der Waals surface area contributed by atoms with E-state index in [1.165, 1.54) is 48.2 Å². The standard InChI is InChI=1S/C28H35N3O/c1-2-3-18-29-19-9-20-30-28(32)23-14-16-25(17-15-23)31-26-13-8-7-12-24(26)21-27(31)22-10-5-4-6-11-22/h4-6,10-11,14-17,21,29H,2-3,7-9,12-13,18-20H2,1H3,(H,30,32). The highest BCUT2D eigenvalue weighted by Gasteiger charge is 2.20. The number of hydrogen-bond acceptors (Lipinski definition) is 2. The van der Waals surface area contributed by atoms with E-state index in [2.05, 4.69) is 70.7 Å². The first kappa shape index (κ1) is 22.3. The lowest BCUT2D eigenvalue weighted by atomic mass is 9.98. The Kier molecular flexibility index (Phi) is 7.78. The van der Waals surface area contributed by atoms with E-state index in [0.717, 1.165) is 43.6 Å². The second-order valence-electron chi connectivity index (χ2n) is 8.67. The van der Waals surface area contributed by atoms with E-state index < -0.39 is 0 Å². The van der Waals surface area contributed by atoms with Crippen molar-refractivity contribution in [3.05, 3.63) is 77.5 Å². The van der Waals surface area contributed by atoms with Crippen LogP contribution in [0.1, 0.15) is 60.6 Å². The normalized spacial score (nSPS) is 13.0. The Labute approximate surface area is 192 Å². The maximum absolute atomic E-state index is 12.6. The number of aryl methyl sites for hydroxylation is 1. The third kappa shape index (κ3) is 5.31. The SMILES string of the molecule is CCCCNCCCNC(=O)c1ccc(-n2c(-c3ccccc3)cc3c2CCCC3)cc1. The number of aromatic nitrogens is 1. The van der Waals surface area contributed by atoms with Gasteiger partial charge >= 0.3 is 0 Å². The zero-order valence-electron chi connectivity index (χ0n) is 19.2. The molecule has 4 nitrogen and oxygen atoms in total. The number of carbonyl (C=O) groups excluding carboxylic acids is 1. The number of amides is 1. The molecule has 2 N–H and O–H groups in total. The van der Waals surface area contributed by atoms with Gasteiger partial charge in [-0.3, -0.25) is 4.79 Å². The topological polar surface area (TPSA) is 46.1 Å². The quantitative estimate of drug-likeness (QED) is 0.416. The molecule has 3 aromatic rings. The Morgan fingerprint density at radius 2 is 1.66 bits per heavy atom. The molecule has 168 valence electrons. The molecule has 1 heterocycles. The summed E-state index contributed by atoms with van der Waals surface area (Å²) in [5.41, 5.74) is 7.20. The number of nitrogens with zero attached hydrogens (tertiary/aromatic N) is 1. The van der Waals surface area contributed by atoms with Crippen LogP contribution in [0.5, 0.6) is 0 Å². The summed E-state index contributed by atoms with van der Waals surface area (Å²) >= 11 is 0. The highest BCUT2D eigenvalue weighted by molar-refractivity contribution is 5.94. The molecule has 0 unspecified atom stereocenters. The van der Waals surface area contributed by atoms with E-state index >= 15 is 0 Å². The van der Waals surface area contributed by atoms with E-state index in [-0.39, 0.29) is 5.91 Å². The van der Waals surface area contributed by atoms with Gasteiger partial charge in [-0.15, -0.1) is 0 Å². The van der Waals surface area contributed by atoms with Crippen molar-refractivity contribution in [1.82, 2.24) is 15.2 Å². The van der Waals surface area contributed by atoms with Crippen LogP contribution >= 0.6 is 0 Å². The number of hydrogen-bond donors (Lipinski definition) is 2. The second-order valence-corrected chi connectivity index (χ2v) is 8.67. The summed E-state index contributed by atoms with van der Waals surface area (Å²) in [5.74, 6) is 0.00271. The van der Waals surface area contributed by atoms with Gasteiger partial charge in [-0.05, 0) is 93.1 Å². The molecule has 0 aliphatic heterocycles. The van der Waals surface area contributed by atoms with Crippen molar-refractivity contribution in [1.29, 1.82) is 0 Å². The molecule has 2 aromatic carbocycles. The molecular weight excluding hydrogens is 394 g/mol. The van der Waals surface area contributed by atoms with Crippen molar-refractivity contribution in [2.24, 2.45) is 0 Å². The van der Waals surface area contributed by atoms with Gasteiger partial charge in [-0.1, -0.05) is 43.7 Å². The lowest BCUT2D eigenvalue weighted by Crippen LogP contribution is -2.27. The predicted molar refractivity (Wildman–Crippen MR) is 133 cm³/mol. The highest BCUT2D eigenvalue weighted by atomic mass is 16.1. The van der Waals surface area contributed by atoms with E-state index in [1.807, 2.05) is 12.1 Å². The minimum Gasteiger partial charge on any atom is -0.352 e. The maximum atomic E-state index is 12.6. The van der Waals surface area contributed by atoms with Crippen LogP contribution in [0.4, 0.5) is 0 Å². The molecule has 0 saturated heterocycles. The number of unbranched alkanes of at least 4 members (excludes halogenated alkanes) is 1. The van der Waals surface area contributed by atoms with Gasteiger partial charge in [0, 0.05) is 23.5 Å². The fourth-order valence-electron chi connectivity index (χ4n) is 4.52. The average Bonchev–Trinajstić information content (AvgIpc) is 3.24. The molecule has 1 aliphatic rings. The first-order chi connectivity index (χ1) is 15.8. The molecule has 0 radical (unpaired) electrons. The summed E-state index contributed by atoms with van der Waals surface area (Å²) in [7, 11) is 0. The van der Waals surface area contributed by atoms with Gasteiger partial charge in [-0.25, -0.2) is 0 Å². The minimum atomic E-state index is 0.00271. The van der Waals surface area contributed by atoms with Gasteiger partial charge in [0.05, 0.1) is 5.69 Å². The van der Waals surface area contributed by atoms with Crippen molar-refractivity contribution >= 4 is 5.91 Å². The summed E-state index contributed by atoms with van der Waals surface area (Å²) in [6.45, 7) is 4.89. The van der Waals surface area contributed by atoms with E-state index in [4.69, 9.17) is 0 Å². The Morgan fingerprint density at radius 3 is 2.44 bits per heavy atom. The van der Waals surface area contributed by atoms with Crippen LogP contribution in [0.2, 0.25) is 0 Å². The van der Waals surface area contributed by atoms with Gasteiger partial charge in [0.2, 0.25) is 0 Å². The van der Waals surface area contributed by atoms with Crippen molar-refractivity contribution in [2.45, 2.75) is 51.9 Å². The number of rotatable bonds is 10. The van der Waals surface area contributed by atoms with Crippen LogP contribution in [0.25, 0.3) is 16.9 Å². The fourth-order valence-corrected chi connectivity index (χ4v) is 4.52. The van der Waals surface area contributed by atoms with E-state index in [0.29, 0.717) is 6.54 Å². The van der Waals surface area contributed by atoms with Crippen LogP contribution in [-0.2, 0) is 12.8 Å². The van der Waals surface area contributed by atoms with Crippen molar-refractivity contribution in [2.75, 3.05) is 19.6 Å². The largest absolute Gasteiger partial charge is 0.352 e. The zero-order valence-corrected chi connectivity index (χ0v) is 19.2. The highest BCUT2D eigenvalue weighted by Crippen LogP contribution is 2.33. The molecule has 1 aliphatic carbocycles. The summed E-state index contributed by atoms with van der Waals surface area (Å²) in [5, 5.41) is 6.46. The van der Waals surface area contributed by atoms with E-state index in [1.54, 1.807) is 0 Å². The third-order valence-electron chi connectivity index (χ3n) is 6.28. The summed E-state index contributed by atoms with van der Waals surface area (Å²) in [6, 6.07) is 21.0. The molecule has 0 fully saturated rings. The Balaban J connectivity index is 1.46. The Morgan fingerprint density at radius 1 is 0.906 bits per heavy atom. The molecular formula is C28H35N3O. The van der Waals surface area contributed by atoms with Crippen LogP contribution < -0.4 is 10.6 Å². The van der Waals surface area contributed by atoms with Gasteiger partial charge < -0.3 is 15.2 Å². The first-order valence-electron chi connectivity index (χ1n) is 12.2. The van der Waals surface area contributed by atoms with E-state index in [9.17, 15) is 4.79 Å². The monoisotopic (exact) mass is 429 g/mol. The van der Waals surface area contributed by atoms with Crippen LogP contribution in [0, 0.1) is 0 Å². The van der Waals surface area contributed by atoms with Crippen molar-refractivity contribution < 1.29 is 4.79 Å². The first-order valence-corrected chi connectivity index (χ1v) is 12.2. The van der Waals surface area contributed by atoms with Gasteiger partial charge in [0.25, 0.3) is 5.91 Å². The summed E-state index contributed by atoms with van der Waals surface area (Å²) < 4.78 is 2.40. The second kappa shape index (κ2) is 11.1. The molecule has 32 heavy (non-hydrogen) atoms. The lowest BCUT2D eigenvalue weighted by molar-refractivity contribution is 0.0953. The van der Waals surface area contributed by atoms with Crippen LogP contribution in [-0.4, -0.2) is 30.1 Å². The van der Waals surface area contributed by atoms with Gasteiger partial charge in [0.15, 0.2) is 0 Å². The Bertz CT molecular complexity index is 1010. The molecule has 0 bridgehead atoms. The smallest absolute Gasteiger partial charge is 0.251 e. The maximum Gasteiger partial charge on any atom is 0.251 e. The predicted octanol–water partition coefficient (Wildman–Crippen LogP) is 5.53. The van der Waals surface area contributed by atoms with Gasteiger partial charge in [0.1, 0.15) is 0 Å². The molecule has 0 saturated carbocycles. The average molecular weight is 430 g/mol. The molecule has 4 heteroatoms. The van der Waals surface area contributed by atoms with Gasteiger partial charge in [-0.2, -0.15) is 0 Å². The molecule has 4 rings (SSSR count). The molecule has 0 atom stereocenters. The number of benzene rings is 2. The third-order valence-corrected chi connectivity index (χ3v) is 6.28. The van der Waals surface area contributed by atoms with Crippen LogP contribution in [0.3, 0.4) is 0 Å². The van der Waals surface area contributed by atoms with Crippen LogP contribution in [0.15, 0.2) is 60.7 Å². The molecule has 1 aromatic heterocycles. The van der Waals surface area contributed by atoms with Crippen molar-refractivity contribution in [3.8, 4) is 16.9 Å². The number of carbonyl (C=O) groups is 1.